The Morgan fingerprint density at radius 2 is 1.92 bits per heavy atom. The van der Waals surface area contributed by atoms with Crippen LogP contribution in [0, 0.1) is 5.82 Å². The fourth-order valence-electron chi connectivity index (χ4n) is 4.18. The number of carbonyl (C=O) groups excluding carboxylic acids is 1. The Morgan fingerprint density at radius 1 is 1.18 bits per heavy atom. The molecule has 0 saturated carbocycles. The van der Waals surface area contributed by atoms with Gasteiger partial charge in [-0.15, -0.1) is 5.10 Å². The molecule has 38 heavy (non-hydrogen) atoms. The van der Waals surface area contributed by atoms with Crippen LogP contribution in [-0.4, -0.2) is 59.9 Å². The molecular weight excluding hydrogens is 546 g/mol. The average Bonchev–Trinajstić information content (AvgIpc) is 3.26. The van der Waals surface area contributed by atoms with Gasteiger partial charge in [-0.1, -0.05) is 6.07 Å². The molecule has 0 spiro atoms. The van der Waals surface area contributed by atoms with Crippen molar-refractivity contribution in [1.82, 2.24) is 19.2 Å². The number of hydrogen-bond acceptors (Lipinski definition) is 7. The molecule has 208 valence electrons. The number of carbonyl (C=O) groups is 1. The Morgan fingerprint density at radius 3 is 2.55 bits per heavy atom. The average molecular weight is 569 g/mol. The largest absolute Gasteiger partial charge is 0.516 e. The number of aromatic nitrogens is 2. The predicted octanol–water partition coefficient (Wildman–Crippen LogP) is 3.12. The number of amides is 1. The van der Waals surface area contributed by atoms with Crippen LogP contribution in [0.25, 0.3) is 0 Å². The summed E-state index contributed by atoms with van der Waals surface area (Å²) in [4.78, 5) is 16.7. The lowest BCUT2D eigenvalue weighted by atomic mass is 10.1. The van der Waals surface area contributed by atoms with Gasteiger partial charge in [0.25, 0.3) is 12.3 Å². The van der Waals surface area contributed by atoms with Crippen LogP contribution in [0.5, 0.6) is 0 Å². The first-order chi connectivity index (χ1) is 17.8. The first kappa shape index (κ1) is 27.5. The Hall–Kier alpha value is -3.50. The van der Waals surface area contributed by atoms with Gasteiger partial charge in [0, 0.05) is 19.5 Å². The van der Waals surface area contributed by atoms with Gasteiger partial charge in [0.1, 0.15) is 23.0 Å². The van der Waals surface area contributed by atoms with Crippen LogP contribution in [0.15, 0.2) is 23.3 Å². The van der Waals surface area contributed by atoms with Crippen LogP contribution in [0.3, 0.4) is 0 Å². The minimum absolute atomic E-state index is 0.0614. The molecule has 2 aliphatic heterocycles. The maximum atomic E-state index is 14.9. The molecule has 2 aromatic rings. The zero-order valence-electron chi connectivity index (χ0n) is 19.8. The number of amidine groups is 1. The number of rotatable bonds is 6. The van der Waals surface area contributed by atoms with E-state index in [4.69, 9.17) is 4.74 Å². The van der Waals surface area contributed by atoms with Crippen LogP contribution in [0.2, 0.25) is 0 Å². The van der Waals surface area contributed by atoms with Gasteiger partial charge in [-0.3, -0.25) is 9.80 Å². The molecule has 0 radical (unpaired) electrons. The van der Waals surface area contributed by atoms with E-state index in [9.17, 15) is 39.6 Å². The van der Waals surface area contributed by atoms with Gasteiger partial charge in [-0.25, -0.2) is 22.5 Å². The van der Waals surface area contributed by atoms with E-state index >= 15 is 0 Å². The van der Waals surface area contributed by atoms with Crippen molar-refractivity contribution in [3.05, 3.63) is 46.8 Å². The molecule has 0 bridgehead atoms. The smallest absolute Gasteiger partial charge is 0.467 e. The second-order valence-corrected chi connectivity index (χ2v) is 10.2. The van der Waals surface area contributed by atoms with Gasteiger partial charge in [-0.05, 0) is 30.5 Å². The molecule has 4 rings (SSSR count). The summed E-state index contributed by atoms with van der Waals surface area (Å²) in [6.45, 7) is -0.974. The minimum Gasteiger partial charge on any atom is -0.467 e. The molecular formula is C21H22F6N6O4S. The third kappa shape index (κ3) is 5.10. The minimum atomic E-state index is -5.77. The maximum absolute atomic E-state index is 14.9. The first-order valence-electron chi connectivity index (χ1n) is 11.3. The SMILES string of the molecule is COC1=NN(c2ccc(CNC(=O)c3c(C(F)F)nc4n3CCCC4)cc2F)CCN1S(=O)(=O)C(F)(F)F. The lowest BCUT2D eigenvalue weighted by Crippen LogP contribution is -2.51. The highest BCUT2D eigenvalue weighted by molar-refractivity contribution is 7.90. The standard InChI is InChI=1S/C21H22F6N6O4S/c1-37-20-30-32(8-9-33(20)38(35,36)21(25,26)27)14-6-5-12(10-13(14)22)11-28-19(34)17-16(18(23)24)29-15-4-2-3-7-31(15)17/h5-6,10,18H,2-4,7-9,11H2,1H3,(H,28,34). The van der Waals surface area contributed by atoms with Crippen molar-refractivity contribution < 1.29 is 44.3 Å². The number of methoxy groups -OCH3 is 1. The van der Waals surface area contributed by atoms with Gasteiger partial charge in [0.15, 0.2) is 0 Å². The summed E-state index contributed by atoms with van der Waals surface area (Å²) < 4.78 is 110. The summed E-state index contributed by atoms with van der Waals surface area (Å²) in [5, 5.41) is 7.10. The number of fused-ring (bicyclic) bond motifs is 1. The molecule has 17 heteroatoms. The van der Waals surface area contributed by atoms with E-state index in [1.165, 1.54) is 16.7 Å². The Labute approximate surface area is 212 Å². The molecule has 0 fully saturated rings. The molecule has 0 saturated heterocycles. The van der Waals surface area contributed by atoms with Crippen molar-refractivity contribution in [2.45, 2.75) is 44.3 Å². The molecule has 1 N–H and O–H groups in total. The maximum Gasteiger partial charge on any atom is 0.516 e. The van der Waals surface area contributed by atoms with Crippen molar-refractivity contribution in [3.63, 3.8) is 0 Å². The second kappa shape index (κ2) is 10.3. The normalized spacial score (nSPS) is 16.4. The molecule has 0 aliphatic carbocycles. The summed E-state index contributed by atoms with van der Waals surface area (Å²) in [6.07, 6.45) is -0.990. The third-order valence-corrected chi connectivity index (χ3v) is 7.47. The summed E-state index contributed by atoms with van der Waals surface area (Å²) in [5.74, 6) is -1.26. The number of anilines is 1. The topological polar surface area (TPSA) is 109 Å². The quantitative estimate of drug-likeness (QED) is 0.537. The van der Waals surface area contributed by atoms with E-state index in [0.717, 1.165) is 24.6 Å². The fraction of sp³-hybridized carbons (Fsp3) is 0.476. The van der Waals surface area contributed by atoms with Gasteiger partial charge < -0.3 is 14.6 Å². The molecule has 0 unspecified atom stereocenters. The van der Waals surface area contributed by atoms with E-state index in [-0.39, 0.29) is 27.8 Å². The first-order valence-corrected chi connectivity index (χ1v) is 12.7. The Balaban J connectivity index is 1.50. The molecule has 0 atom stereocenters. The van der Waals surface area contributed by atoms with Crippen molar-refractivity contribution in [3.8, 4) is 0 Å². The number of ether oxygens (including phenoxy) is 1. The number of nitrogens with zero attached hydrogens (tertiary/aromatic N) is 5. The van der Waals surface area contributed by atoms with Gasteiger partial charge >= 0.3 is 21.6 Å². The fourth-order valence-corrected chi connectivity index (χ4v) is 5.07. The van der Waals surface area contributed by atoms with E-state index in [1.807, 2.05) is 0 Å². The van der Waals surface area contributed by atoms with Crippen molar-refractivity contribution in [2.75, 3.05) is 25.2 Å². The zero-order valence-corrected chi connectivity index (χ0v) is 20.6. The molecule has 3 heterocycles. The third-order valence-electron chi connectivity index (χ3n) is 5.97. The highest BCUT2D eigenvalue weighted by Crippen LogP contribution is 2.31. The van der Waals surface area contributed by atoms with E-state index in [0.29, 0.717) is 25.2 Å². The van der Waals surface area contributed by atoms with Gasteiger partial charge in [0.2, 0.25) is 0 Å². The van der Waals surface area contributed by atoms with Crippen LogP contribution in [0.4, 0.5) is 32.0 Å². The second-order valence-electron chi connectivity index (χ2n) is 8.37. The molecule has 1 amide bonds. The number of benzene rings is 1. The Bertz CT molecular complexity index is 1360. The summed E-state index contributed by atoms with van der Waals surface area (Å²) in [7, 11) is -4.85. The van der Waals surface area contributed by atoms with Crippen LogP contribution in [-0.2, 0) is 34.3 Å². The summed E-state index contributed by atoms with van der Waals surface area (Å²) in [5.41, 5.74) is -6.37. The molecule has 1 aromatic heterocycles. The highest BCUT2D eigenvalue weighted by atomic mass is 32.2. The molecule has 1 aromatic carbocycles. The number of halogens is 6. The zero-order chi connectivity index (χ0) is 27.8. The van der Waals surface area contributed by atoms with E-state index in [2.05, 4.69) is 15.4 Å². The van der Waals surface area contributed by atoms with Crippen molar-refractivity contribution >= 4 is 27.6 Å². The number of hydrogen-bond donors (Lipinski definition) is 1. The van der Waals surface area contributed by atoms with Gasteiger partial charge in [-0.2, -0.15) is 21.6 Å². The van der Waals surface area contributed by atoms with Crippen molar-refractivity contribution in [1.29, 1.82) is 0 Å². The van der Waals surface area contributed by atoms with Crippen molar-refractivity contribution in [2.24, 2.45) is 5.10 Å². The van der Waals surface area contributed by atoms with Crippen LogP contribution >= 0.6 is 0 Å². The number of nitrogens with one attached hydrogen (secondary N) is 1. The lowest BCUT2D eigenvalue weighted by molar-refractivity contribution is -0.0477. The van der Waals surface area contributed by atoms with Crippen LogP contribution in [0.1, 0.15) is 46.8 Å². The summed E-state index contributed by atoms with van der Waals surface area (Å²) in [6, 6.07) is 2.74. The molecule has 2 aliphatic rings. The summed E-state index contributed by atoms with van der Waals surface area (Å²) >= 11 is 0. The van der Waals surface area contributed by atoms with Crippen LogP contribution < -0.4 is 10.3 Å². The molecule has 10 nitrogen and oxygen atoms in total. The predicted molar refractivity (Wildman–Crippen MR) is 121 cm³/mol. The highest BCUT2D eigenvalue weighted by Gasteiger charge is 2.52. The number of alkyl halides is 5. The number of aryl methyl sites for hydroxylation is 1. The monoisotopic (exact) mass is 568 g/mol. The van der Waals surface area contributed by atoms with E-state index in [1.54, 1.807) is 0 Å². The lowest BCUT2D eigenvalue weighted by Gasteiger charge is -2.32. The number of imidazole rings is 1. The van der Waals surface area contributed by atoms with E-state index < -0.39 is 58.5 Å². The number of hydrazone groups is 1. The Kier molecular flexibility index (Phi) is 7.49. The van der Waals surface area contributed by atoms with Gasteiger partial charge in [0.05, 0.1) is 25.9 Å². The number of sulfonamides is 1.